The van der Waals surface area contributed by atoms with E-state index in [0.29, 0.717) is 6.54 Å². The van der Waals surface area contributed by atoms with E-state index in [1.54, 1.807) is 0 Å². The van der Waals surface area contributed by atoms with E-state index in [1.807, 2.05) is 25.2 Å². The summed E-state index contributed by atoms with van der Waals surface area (Å²) in [6.45, 7) is 2.82. The number of hydrogen-bond donors (Lipinski definition) is 3. The molecule has 4 heteroatoms. The fourth-order valence-electron chi connectivity index (χ4n) is 2.73. The predicted octanol–water partition coefficient (Wildman–Crippen LogP) is 2.87. The lowest BCUT2D eigenvalue weighted by atomic mass is 9.78. The first-order chi connectivity index (χ1) is 9.15. The molecule has 1 aliphatic carbocycles. The first-order valence-electron chi connectivity index (χ1n) is 7.26. The molecule has 0 bridgehead atoms. The van der Waals surface area contributed by atoms with E-state index < -0.39 is 5.60 Å². The van der Waals surface area contributed by atoms with Crippen LogP contribution in [-0.4, -0.2) is 29.3 Å². The second kappa shape index (κ2) is 6.24. The molecule has 0 radical (unpaired) electrons. The first-order valence-corrected chi connectivity index (χ1v) is 7.26. The van der Waals surface area contributed by atoms with Gasteiger partial charge >= 0.3 is 0 Å². The quantitative estimate of drug-likeness (QED) is 0.764. The Labute approximate surface area is 115 Å². The maximum absolute atomic E-state index is 10.6. The van der Waals surface area contributed by atoms with Crippen molar-refractivity contribution in [1.82, 2.24) is 4.98 Å². The Morgan fingerprint density at radius 3 is 2.63 bits per heavy atom. The molecule has 106 valence electrons. The third-order valence-corrected chi connectivity index (χ3v) is 4.22. The largest absolute Gasteiger partial charge is 0.388 e. The van der Waals surface area contributed by atoms with E-state index >= 15 is 0 Å². The summed E-state index contributed by atoms with van der Waals surface area (Å²) in [7, 11) is 1.85. The zero-order chi connectivity index (χ0) is 13.7. The highest BCUT2D eigenvalue weighted by atomic mass is 16.3. The van der Waals surface area contributed by atoms with Crippen LogP contribution in [0.2, 0.25) is 0 Å². The molecule has 0 aliphatic heterocycles. The zero-order valence-corrected chi connectivity index (χ0v) is 11.9. The van der Waals surface area contributed by atoms with Gasteiger partial charge in [0.2, 0.25) is 0 Å². The second-order valence-electron chi connectivity index (χ2n) is 5.59. The number of nitrogens with zero attached hydrogens (tertiary/aromatic N) is 1. The average molecular weight is 263 g/mol. The van der Waals surface area contributed by atoms with Crippen LogP contribution in [0.5, 0.6) is 0 Å². The van der Waals surface area contributed by atoms with Gasteiger partial charge in [0.15, 0.2) is 0 Å². The molecule has 0 spiro atoms. The molecule has 1 fully saturated rings. The second-order valence-corrected chi connectivity index (χ2v) is 5.59. The lowest BCUT2D eigenvalue weighted by molar-refractivity contribution is 0.00223. The van der Waals surface area contributed by atoms with Gasteiger partial charge < -0.3 is 15.7 Å². The Kier molecular flexibility index (Phi) is 4.64. The molecular weight excluding hydrogens is 238 g/mol. The van der Waals surface area contributed by atoms with E-state index in [0.717, 1.165) is 43.2 Å². The van der Waals surface area contributed by atoms with Crippen LogP contribution in [0, 0.1) is 5.92 Å². The predicted molar refractivity (Wildman–Crippen MR) is 79.5 cm³/mol. The van der Waals surface area contributed by atoms with Gasteiger partial charge in [-0.3, -0.25) is 0 Å². The topological polar surface area (TPSA) is 57.2 Å². The molecule has 1 aliphatic rings. The summed E-state index contributed by atoms with van der Waals surface area (Å²) in [5, 5.41) is 16.8. The van der Waals surface area contributed by atoms with E-state index in [4.69, 9.17) is 0 Å². The Balaban J connectivity index is 1.87. The van der Waals surface area contributed by atoms with Crippen molar-refractivity contribution in [1.29, 1.82) is 0 Å². The minimum absolute atomic E-state index is 0.566. The number of aliphatic hydroxyl groups is 1. The SMILES string of the molecule is CCC1CCC(O)(CNc2cccc(NC)n2)CC1. The van der Waals surface area contributed by atoms with Crippen molar-refractivity contribution in [3.05, 3.63) is 18.2 Å². The van der Waals surface area contributed by atoms with Gasteiger partial charge in [0.1, 0.15) is 11.6 Å². The molecule has 4 nitrogen and oxygen atoms in total. The number of hydrogen-bond acceptors (Lipinski definition) is 4. The molecule has 2 rings (SSSR count). The summed E-state index contributed by atoms with van der Waals surface area (Å²) in [6, 6.07) is 5.81. The first kappa shape index (κ1) is 14.1. The number of pyridine rings is 1. The van der Waals surface area contributed by atoms with E-state index in [9.17, 15) is 5.11 Å². The van der Waals surface area contributed by atoms with Crippen LogP contribution in [0.1, 0.15) is 39.0 Å². The fraction of sp³-hybridized carbons (Fsp3) is 0.667. The molecule has 0 unspecified atom stereocenters. The van der Waals surface area contributed by atoms with Gasteiger partial charge in [-0.05, 0) is 43.7 Å². The Morgan fingerprint density at radius 1 is 1.32 bits per heavy atom. The molecule has 0 amide bonds. The summed E-state index contributed by atoms with van der Waals surface area (Å²) < 4.78 is 0. The van der Waals surface area contributed by atoms with E-state index in [1.165, 1.54) is 6.42 Å². The maximum atomic E-state index is 10.6. The summed E-state index contributed by atoms with van der Waals surface area (Å²) in [4.78, 5) is 4.40. The average Bonchev–Trinajstić information content (AvgIpc) is 2.46. The Bertz CT molecular complexity index is 400. The van der Waals surface area contributed by atoms with Gasteiger partial charge in [-0.15, -0.1) is 0 Å². The monoisotopic (exact) mass is 263 g/mol. The third kappa shape index (κ3) is 3.83. The van der Waals surface area contributed by atoms with Crippen LogP contribution in [0.3, 0.4) is 0 Å². The van der Waals surface area contributed by atoms with Crippen LogP contribution in [0.4, 0.5) is 11.6 Å². The minimum atomic E-state index is -0.566. The summed E-state index contributed by atoms with van der Waals surface area (Å²) in [6.07, 6.45) is 5.29. The van der Waals surface area contributed by atoms with Crippen molar-refractivity contribution in [2.75, 3.05) is 24.2 Å². The van der Waals surface area contributed by atoms with Gasteiger partial charge in [0.05, 0.1) is 5.60 Å². The summed E-state index contributed by atoms with van der Waals surface area (Å²) in [5.74, 6) is 2.45. The smallest absolute Gasteiger partial charge is 0.128 e. The molecule has 0 saturated heterocycles. The fourth-order valence-corrected chi connectivity index (χ4v) is 2.73. The molecule has 19 heavy (non-hydrogen) atoms. The number of rotatable bonds is 5. The molecule has 0 aromatic carbocycles. The molecule has 1 heterocycles. The van der Waals surface area contributed by atoms with Crippen molar-refractivity contribution in [2.45, 2.75) is 44.6 Å². The Hall–Kier alpha value is -1.29. The highest BCUT2D eigenvalue weighted by Crippen LogP contribution is 2.33. The normalized spacial score (nSPS) is 27.0. The molecule has 1 aromatic heterocycles. The lowest BCUT2D eigenvalue weighted by Gasteiger charge is -2.36. The number of nitrogens with one attached hydrogen (secondary N) is 2. The van der Waals surface area contributed by atoms with E-state index in [2.05, 4.69) is 22.5 Å². The van der Waals surface area contributed by atoms with Crippen molar-refractivity contribution < 1.29 is 5.11 Å². The summed E-state index contributed by atoms with van der Waals surface area (Å²) in [5.41, 5.74) is -0.566. The zero-order valence-electron chi connectivity index (χ0n) is 11.9. The van der Waals surface area contributed by atoms with Crippen molar-refractivity contribution in [2.24, 2.45) is 5.92 Å². The molecule has 1 aromatic rings. The molecule has 1 saturated carbocycles. The van der Waals surface area contributed by atoms with Gasteiger partial charge in [-0.2, -0.15) is 0 Å². The van der Waals surface area contributed by atoms with Crippen molar-refractivity contribution in [3.8, 4) is 0 Å². The standard InChI is InChI=1S/C15H25N3O/c1-3-12-7-9-15(19,10-8-12)11-17-14-6-4-5-13(16-2)18-14/h4-6,12,19H,3,7-11H2,1-2H3,(H2,16,17,18). The van der Waals surface area contributed by atoms with E-state index in [-0.39, 0.29) is 0 Å². The van der Waals surface area contributed by atoms with Gasteiger partial charge in [0, 0.05) is 13.6 Å². The number of aromatic nitrogens is 1. The van der Waals surface area contributed by atoms with Gasteiger partial charge in [-0.25, -0.2) is 4.98 Å². The van der Waals surface area contributed by atoms with Gasteiger partial charge in [-0.1, -0.05) is 19.4 Å². The highest BCUT2D eigenvalue weighted by Gasteiger charge is 2.32. The minimum Gasteiger partial charge on any atom is -0.388 e. The highest BCUT2D eigenvalue weighted by molar-refractivity contribution is 5.44. The van der Waals surface area contributed by atoms with Crippen molar-refractivity contribution >= 4 is 11.6 Å². The molecule has 3 N–H and O–H groups in total. The molecule has 0 atom stereocenters. The Morgan fingerprint density at radius 2 is 2.00 bits per heavy atom. The maximum Gasteiger partial charge on any atom is 0.128 e. The van der Waals surface area contributed by atoms with Crippen LogP contribution >= 0.6 is 0 Å². The number of anilines is 2. The van der Waals surface area contributed by atoms with Crippen LogP contribution in [0.25, 0.3) is 0 Å². The van der Waals surface area contributed by atoms with Crippen LogP contribution in [-0.2, 0) is 0 Å². The van der Waals surface area contributed by atoms with Crippen LogP contribution < -0.4 is 10.6 Å². The van der Waals surface area contributed by atoms with Gasteiger partial charge in [0.25, 0.3) is 0 Å². The van der Waals surface area contributed by atoms with Crippen molar-refractivity contribution in [3.63, 3.8) is 0 Å². The summed E-state index contributed by atoms with van der Waals surface area (Å²) >= 11 is 0. The van der Waals surface area contributed by atoms with Crippen LogP contribution in [0.15, 0.2) is 18.2 Å². The third-order valence-electron chi connectivity index (χ3n) is 4.22. The lowest BCUT2D eigenvalue weighted by Crippen LogP contribution is -2.40. The molecular formula is C15H25N3O.